The fourth-order valence-electron chi connectivity index (χ4n) is 6.77. The number of esters is 2. The van der Waals surface area contributed by atoms with Crippen LogP contribution >= 0.6 is 7.82 Å². The minimum atomic E-state index is -4.62. The number of hydrogen-bond acceptors (Lipinski definition) is 8. The number of likely N-dealkylation sites (N-methyl/N-ethyl adjacent to an activating group) is 1. The van der Waals surface area contributed by atoms with Crippen LogP contribution in [0.4, 0.5) is 0 Å². The lowest BCUT2D eigenvalue weighted by Crippen LogP contribution is -2.37. The molecule has 0 aromatic rings. The summed E-state index contributed by atoms with van der Waals surface area (Å²) in [5, 5.41) is 0. The van der Waals surface area contributed by atoms with E-state index < -0.39 is 26.5 Å². The molecule has 57 heavy (non-hydrogen) atoms. The van der Waals surface area contributed by atoms with E-state index in [1.165, 1.54) is 148 Å². The molecule has 0 saturated heterocycles. The van der Waals surface area contributed by atoms with Gasteiger partial charge in [-0.15, -0.1) is 0 Å². The molecule has 0 amide bonds. The molecule has 0 fully saturated rings. The molecule has 0 aliphatic rings. The number of unbranched alkanes of at least 4 members (excludes halogenated alkanes) is 28. The van der Waals surface area contributed by atoms with Gasteiger partial charge in [0, 0.05) is 12.8 Å². The van der Waals surface area contributed by atoms with E-state index in [4.69, 9.17) is 18.5 Å². The van der Waals surface area contributed by atoms with Crippen molar-refractivity contribution in [3.63, 3.8) is 0 Å². The molecular formula is C47H92NO8P. The number of hydrogen-bond donors (Lipinski definition) is 0. The average Bonchev–Trinajstić information content (AvgIpc) is 3.16. The van der Waals surface area contributed by atoms with Gasteiger partial charge in [-0.3, -0.25) is 14.2 Å². The molecule has 0 saturated carbocycles. The third-order valence-corrected chi connectivity index (χ3v) is 11.5. The zero-order valence-electron chi connectivity index (χ0n) is 38.1. The molecule has 0 radical (unpaired) electrons. The van der Waals surface area contributed by atoms with Gasteiger partial charge in [0.15, 0.2) is 6.10 Å². The van der Waals surface area contributed by atoms with Crippen LogP contribution < -0.4 is 4.89 Å². The topological polar surface area (TPSA) is 111 Å². The van der Waals surface area contributed by atoms with Gasteiger partial charge in [-0.2, -0.15) is 0 Å². The minimum Gasteiger partial charge on any atom is -0.756 e. The molecule has 0 bridgehead atoms. The molecule has 0 aromatic carbocycles. The van der Waals surface area contributed by atoms with Crippen LogP contribution in [0.15, 0.2) is 12.2 Å². The number of ether oxygens (including phenoxy) is 2. The molecule has 2 atom stereocenters. The number of carbonyl (C=O) groups is 2. The molecule has 0 spiro atoms. The predicted molar refractivity (Wildman–Crippen MR) is 236 cm³/mol. The fraction of sp³-hybridized carbons (Fsp3) is 0.915. The summed E-state index contributed by atoms with van der Waals surface area (Å²) in [4.78, 5) is 37.6. The maximum atomic E-state index is 12.7. The van der Waals surface area contributed by atoms with Gasteiger partial charge in [-0.25, -0.2) is 0 Å². The molecule has 0 rings (SSSR count). The number of carbonyl (C=O) groups excluding carboxylic acids is 2. The summed E-state index contributed by atoms with van der Waals surface area (Å²) >= 11 is 0. The fourth-order valence-corrected chi connectivity index (χ4v) is 7.50. The normalized spacial score (nSPS) is 13.6. The van der Waals surface area contributed by atoms with Gasteiger partial charge in [-0.1, -0.05) is 187 Å². The number of quaternary nitrogens is 1. The second-order valence-corrected chi connectivity index (χ2v) is 18.9. The molecule has 1 unspecified atom stereocenters. The highest BCUT2D eigenvalue weighted by Crippen LogP contribution is 2.38. The number of phosphoric ester groups is 1. The standard InChI is InChI=1S/C47H92NO8P/c1-6-8-10-12-14-16-18-20-22-23-24-26-28-30-32-34-36-38-40-47(50)56-45(44-55-57(51,52)54-42-41-48(3,4)5)43-53-46(49)39-37-35-33-31-29-27-25-21-19-17-15-13-11-9-7-2/h17,19,45H,6-16,18,20-44H2,1-5H3/b19-17+/t45-/m1/s1. The van der Waals surface area contributed by atoms with E-state index in [9.17, 15) is 19.0 Å². The lowest BCUT2D eigenvalue weighted by Gasteiger charge is -2.28. The third kappa shape index (κ3) is 44.1. The van der Waals surface area contributed by atoms with Crippen LogP contribution in [-0.2, 0) is 32.7 Å². The van der Waals surface area contributed by atoms with Crippen molar-refractivity contribution in [3.8, 4) is 0 Å². The highest BCUT2D eigenvalue weighted by molar-refractivity contribution is 7.45. The van der Waals surface area contributed by atoms with E-state index in [0.29, 0.717) is 17.4 Å². The Balaban J connectivity index is 4.27. The molecule has 10 heteroatoms. The highest BCUT2D eigenvalue weighted by atomic mass is 31.2. The molecule has 0 aliphatic heterocycles. The van der Waals surface area contributed by atoms with Gasteiger partial charge in [-0.05, 0) is 38.5 Å². The molecular weight excluding hydrogens is 737 g/mol. The van der Waals surface area contributed by atoms with Crippen molar-refractivity contribution >= 4 is 19.8 Å². The van der Waals surface area contributed by atoms with Gasteiger partial charge < -0.3 is 27.9 Å². The number of phosphoric acid groups is 1. The summed E-state index contributed by atoms with van der Waals surface area (Å²) in [6, 6.07) is 0. The van der Waals surface area contributed by atoms with Crippen LogP contribution in [-0.4, -0.2) is 70.0 Å². The Morgan fingerprint density at radius 1 is 0.526 bits per heavy atom. The number of nitrogens with zero attached hydrogens (tertiary/aromatic N) is 1. The second-order valence-electron chi connectivity index (χ2n) is 17.5. The first-order valence-electron chi connectivity index (χ1n) is 23.9. The number of allylic oxidation sites excluding steroid dienone is 2. The first-order valence-corrected chi connectivity index (χ1v) is 25.4. The molecule has 9 nitrogen and oxygen atoms in total. The first kappa shape index (κ1) is 55.8. The van der Waals surface area contributed by atoms with E-state index in [1.807, 2.05) is 21.1 Å². The summed E-state index contributed by atoms with van der Waals surface area (Å²) in [6.45, 7) is 4.25. The van der Waals surface area contributed by atoms with Crippen molar-refractivity contribution in [1.82, 2.24) is 0 Å². The lowest BCUT2D eigenvalue weighted by atomic mass is 10.0. The van der Waals surface area contributed by atoms with E-state index in [1.54, 1.807) is 0 Å². The Kier molecular flexibility index (Phi) is 39.3. The van der Waals surface area contributed by atoms with Crippen LogP contribution in [0.5, 0.6) is 0 Å². The highest BCUT2D eigenvalue weighted by Gasteiger charge is 2.21. The van der Waals surface area contributed by atoms with Crippen molar-refractivity contribution in [2.45, 2.75) is 232 Å². The Bertz CT molecular complexity index is 985. The molecule has 0 aliphatic carbocycles. The monoisotopic (exact) mass is 830 g/mol. The smallest absolute Gasteiger partial charge is 0.306 e. The zero-order valence-corrected chi connectivity index (χ0v) is 38.9. The van der Waals surface area contributed by atoms with Crippen molar-refractivity contribution < 1.29 is 42.1 Å². The van der Waals surface area contributed by atoms with Crippen LogP contribution in [0.25, 0.3) is 0 Å². The molecule has 0 heterocycles. The van der Waals surface area contributed by atoms with Crippen LogP contribution in [0.2, 0.25) is 0 Å². The second kappa shape index (κ2) is 40.2. The molecule has 0 N–H and O–H groups in total. The van der Waals surface area contributed by atoms with Crippen molar-refractivity contribution in [3.05, 3.63) is 12.2 Å². The summed E-state index contributed by atoms with van der Waals surface area (Å²) in [5.74, 6) is -0.827. The van der Waals surface area contributed by atoms with Gasteiger partial charge in [0.1, 0.15) is 19.8 Å². The van der Waals surface area contributed by atoms with E-state index in [2.05, 4.69) is 26.0 Å². The Hall–Kier alpha value is -1.25. The van der Waals surface area contributed by atoms with Gasteiger partial charge >= 0.3 is 11.9 Å². The number of rotatable bonds is 44. The molecule has 338 valence electrons. The summed E-state index contributed by atoms with van der Waals surface area (Å²) in [7, 11) is 1.18. The Morgan fingerprint density at radius 3 is 1.32 bits per heavy atom. The summed E-state index contributed by atoms with van der Waals surface area (Å²) in [5.41, 5.74) is 0. The SMILES string of the molecule is CCCCCC/C=C/CCCCCCCCCC(=O)OC[C@H](COP(=O)([O-])OCC[N+](C)(C)C)OC(=O)CCCCCCCCCCCCCCCCCCCC. The van der Waals surface area contributed by atoms with Gasteiger partial charge in [0.2, 0.25) is 0 Å². The van der Waals surface area contributed by atoms with Crippen molar-refractivity contribution in [1.29, 1.82) is 0 Å². The lowest BCUT2D eigenvalue weighted by molar-refractivity contribution is -0.870. The van der Waals surface area contributed by atoms with E-state index in [-0.39, 0.29) is 32.0 Å². The largest absolute Gasteiger partial charge is 0.756 e. The van der Waals surface area contributed by atoms with Crippen molar-refractivity contribution in [2.24, 2.45) is 0 Å². The van der Waals surface area contributed by atoms with Gasteiger partial charge in [0.05, 0.1) is 27.7 Å². The quantitative estimate of drug-likeness (QED) is 0.0196. The van der Waals surface area contributed by atoms with Crippen LogP contribution in [0.1, 0.15) is 226 Å². The van der Waals surface area contributed by atoms with E-state index in [0.717, 1.165) is 44.9 Å². The van der Waals surface area contributed by atoms with Crippen LogP contribution in [0.3, 0.4) is 0 Å². The summed E-state index contributed by atoms with van der Waals surface area (Å²) < 4.78 is 34.0. The predicted octanol–water partition coefficient (Wildman–Crippen LogP) is 13.1. The summed E-state index contributed by atoms with van der Waals surface area (Å²) in [6.07, 6.45) is 42.3. The van der Waals surface area contributed by atoms with Crippen LogP contribution in [0, 0.1) is 0 Å². The molecule has 0 aromatic heterocycles. The zero-order chi connectivity index (χ0) is 42.1. The van der Waals surface area contributed by atoms with E-state index >= 15 is 0 Å². The Labute approximate surface area is 352 Å². The maximum absolute atomic E-state index is 12.7. The first-order chi connectivity index (χ1) is 27.5. The van der Waals surface area contributed by atoms with Gasteiger partial charge in [0.25, 0.3) is 7.82 Å². The Morgan fingerprint density at radius 2 is 0.895 bits per heavy atom. The third-order valence-electron chi connectivity index (χ3n) is 10.5. The minimum absolute atomic E-state index is 0.0281. The average molecular weight is 830 g/mol. The maximum Gasteiger partial charge on any atom is 0.306 e. The van der Waals surface area contributed by atoms with Crippen molar-refractivity contribution in [2.75, 3.05) is 47.5 Å².